The molecular weight excluding hydrogens is 156 g/mol. The van der Waals surface area contributed by atoms with Crippen LogP contribution in [0.5, 0.6) is 0 Å². The molecule has 2 aromatic heterocycles. The van der Waals surface area contributed by atoms with Crippen LogP contribution in [0.4, 0.5) is 0 Å². The summed E-state index contributed by atoms with van der Waals surface area (Å²) < 4.78 is 9.61. The van der Waals surface area contributed by atoms with E-state index in [-0.39, 0.29) is 0 Å². The fourth-order valence-electron chi connectivity index (χ4n) is 0.854. The molecule has 2 heterocycles. The standard InChI is InChI=1S/C8H6N2O2/c1-6(7-2-11-4-9-7)8-3-12-5-10-8/h2-5H,1H2. The van der Waals surface area contributed by atoms with E-state index in [1.54, 1.807) is 0 Å². The zero-order valence-corrected chi connectivity index (χ0v) is 6.23. The van der Waals surface area contributed by atoms with E-state index in [4.69, 9.17) is 8.83 Å². The molecule has 0 spiro atoms. The highest BCUT2D eigenvalue weighted by atomic mass is 16.3. The third-order valence-electron chi connectivity index (χ3n) is 1.48. The minimum atomic E-state index is 0.670. The van der Waals surface area contributed by atoms with E-state index in [1.165, 1.54) is 25.3 Å². The smallest absolute Gasteiger partial charge is 0.181 e. The van der Waals surface area contributed by atoms with Crippen LogP contribution >= 0.6 is 0 Å². The number of hydrogen-bond donors (Lipinski definition) is 0. The molecule has 0 saturated carbocycles. The Labute approximate surface area is 68.6 Å². The molecule has 0 unspecified atom stereocenters. The summed E-state index contributed by atoms with van der Waals surface area (Å²) in [7, 11) is 0. The number of aromatic nitrogens is 2. The lowest BCUT2D eigenvalue weighted by Gasteiger charge is -1.92. The Kier molecular flexibility index (Phi) is 1.51. The van der Waals surface area contributed by atoms with Crippen molar-refractivity contribution in [2.45, 2.75) is 0 Å². The van der Waals surface area contributed by atoms with Crippen LogP contribution in [0.1, 0.15) is 11.4 Å². The topological polar surface area (TPSA) is 52.1 Å². The molecule has 2 aromatic rings. The summed E-state index contributed by atoms with van der Waals surface area (Å²) in [6.07, 6.45) is 5.72. The van der Waals surface area contributed by atoms with Crippen molar-refractivity contribution in [3.63, 3.8) is 0 Å². The Balaban J connectivity index is 2.34. The van der Waals surface area contributed by atoms with Gasteiger partial charge in [-0.2, -0.15) is 0 Å². The van der Waals surface area contributed by atoms with Crippen LogP contribution in [0.2, 0.25) is 0 Å². The molecular formula is C8H6N2O2. The van der Waals surface area contributed by atoms with E-state index < -0.39 is 0 Å². The van der Waals surface area contributed by atoms with Crippen LogP contribution in [-0.4, -0.2) is 9.97 Å². The lowest BCUT2D eigenvalue weighted by molar-refractivity contribution is 0.557. The number of rotatable bonds is 2. The van der Waals surface area contributed by atoms with Crippen LogP contribution in [0.3, 0.4) is 0 Å². The summed E-state index contributed by atoms with van der Waals surface area (Å²) in [5, 5.41) is 0. The SMILES string of the molecule is C=C(c1cocn1)c1cocn1. The fourth-order valence-corrected chi connectivity index (χ4v) is 0.854. The van der Waals surface area contributed by atoms with E-state index in [9.17, 15) is 0 Å². The van der Waals surface area contributed by atoms with Gasteiger partial charge in [0, 0.05) is 5.57 Å². The van der Waals surface area contributed by atoms with Crippen LogP contribution in [-0.2, 0) is 0 Å². The van der Waals surface area contributed by atoms with Crippen molar-refractivity contribution in [1.29, 1.82) is 0 Å². The molecule has 0 aliphatic carbocycles. The van der Waals surface area contributed by atoms with E-state index in [2.05, 4.69) is 16.5 Å². The third-order valence-corrected chi connectivity index (χ3v) is 1.48. The van der Waals surface area contributed by atoms with Gasteiger partial charge < -0.3 is 8.83 Å². The first-order valence-electron chi connectivity index (χ1n) is 3.34. The molecule has 0 aliphatic heterocycles. The molecule has 0 radical (unpaired) electrons. The van der Waals surface area contributed by atoms with Gasteiger partial charge in [-0.1, -0.05) is 6.58 Å². The Bertz CT molecular complexity index is 325. The Morgan fingerprint density at radius 1 is 1.08 bits per heavy atom. The van der Waals surface area contributed by atoms with Crippen molar-refractivity contribution in [1.82, 2.24) is 9.97 Å². The molecule has 0 saturated heterocycles. The minimum absolute atomic E-state index is 0.670. The molecule has 0 aromatic carbocycles. The van der Waals surface area contributed by atoms with Gasteiger partial charge in [0.15, 0.2) is 12.8 Å². The average Bonchev–Trinajstić information content (AvgIpc) is 2.77. The van der Waals surface area contributed by atoms with Crippen LogP contribution < -0.4 is 0 Å². The Hall–Kier alpha value is -1.84. The molecule has 0 aliphatic rings. The number of nitrogens with zero attached hydrogens (tertiary/aromatic N) is 2. The van der Waals surface area contributed by atoms with Gasteiger partial charge in [-0.3, -0.25) is 0 Å². The monoisotopic (exact) mass is 162 g/mol. The van der Waals surface area contributed by atoms with E-state index in [1.807, 2.05) is 0 Å². The molecule has 4 nitrogen and oxygen atoms in total. The first-order chi connectivity index (χ1) is 5.88. The van der Waals surface area contributed by atoms with Gasteiger partial charge in [0.25, 0.3) is 0 Å². The molecule has 0 N–H and O–H groups in total. The second-order valence-electron chi connectivity index (χ2n) is 2.23. The summed E-state index contributed by atoms with van der Waals surface area (Å²) >= 11 is 0. The summed E-state index contributed by atoms with van der Waals surface area (Å²) in [5.74, 6) is 0. The van der Waals surface area contributed by atoms with Crippen molar-refractivity contribution in [2.24, 2.45) is 0 Å². The summed E-state index contributed by atoms with van der Waals surface area (Å²) in [4.78, 5) is 7.85. The highest BCUT2D eigenvalue weighted by molar-refractivity contribution is 5.72. The maximum atomic E-state index is 4.80. The first-order valence-corrected chi connectivity index (χ1v) is 3.34. The van der Waals surface area contributed by atoms with E-state index >= 15 is 0 Å². The molecule has 0 fully saturated rings. The quantitative estimate of drug-likeness (QED) is 0.674. The third kappa shape index (κ3) is 1.03. The highest BCUT2D eigenvalue weighted by Gasteiger charge is 2.06. The van der Waals surface area contributed by atoms with Crippen LogP contribution in [0, 0.1) is 0 Å². The Morgan fingerprint density at radius 2 is 1.58 bits per heavy atom. The normalized spacial score (nSPS) is 10.0. The van der Waals surface area contributed by atoms with Gasteiger partial charge in [-0.05, 0) is 0 Å². The van der Waals surface area contributed by atoms with Crippen molar-refractivity contribution in [3.8, 4) is 0 Å². The van der Waals surface area contributed by atoms with Crippen LogP contribution in [0.25, 0.3) is 5.57 Å². The minimum Gasteiger partial charge on any atom is -0.451 e. The second-order valence-corrected chi connectivity index (χ2v) is 2.23. The lowest BCUT2D eigenvalue weighted by atomic mass is 10.2. The van der Waals surface area contributed by atoms with E-state index in [0.717, 1.165) is 0 Å². The summed E-state index contributed by atoms with van der Waals surface area (Å²) in [6.45, 7) is 3.79. The zero-order chi connectivity index (χ0) is 8.39. The molecule has 60 valence electrons. The van der Waals surface area contributed by atoms with Crippen molar-refractivity contribution in [3.05, 3.63) is 43.3 Å². The second kappa shape index (κ2) is 2.65. The molecule has 12 heavy (non-hydrogen) atoms. The summed E-state index contributed by atoms with van der Waals surface area (Å²) in [6, 6.07) is 0. The van der Waals surface area contributed by atoms with Gasteiger partial charge in [0.2, 0.25) is 0 Å². The fraction of sp³-hybridized carbons (Fsp3) is 0. The van der Waals surface area contributed by atoms with Gasteiger partial charge in [-0.25, -0.2) is 9.97 Å². The van der Waals surface area contributed by atoms with Gasteiger partial charge in [-0.15, -0.1) is 0 Å². The Morgan fingerprint density at radius 3 is 1.92 bits per heavy atom. The highest BCUT2D eigenvalue weighted by Crippen LogP contribution is 2.17. The largest absolute Gasteiger partial charge is 0.451 e. The van der Waals surface area contributed by atoms with Crippen LogP contribution in [0.15, 0.2) is 40.7 Å². The predicted molar refractivity (Wildman–Crippen MR) is 41.1 cm³/mol. The molecule has 0 bridgehead atoms. The molecule has 0 amide bonds. The molecule has 4 heteroatoms. The first kappa shape index (κ1) is 6.84. The average molecular weight is 162 g/mol. The predicted octanol–water partition coefficient (Wildman–Crippen LogP) is 1.72. The maximum Gasteiger partial charge on any atom is 0.181 e. The number of hydrogen-bond acceptors (Lipinski definition) is 4. The molecule has 2 rings (SSSR count). The number of oxazole rings is 2. The zero-order valence-electron chi connectivity index (χ0n) is 6.23. The van der Waals surface area contributed by atoms with Gasteiger partial charge >= 0.3 is 0 Å². The summed E-state index contributed by atoms with van der Waals surface area (Å²) in [5.41, 5.74) is 2.03. The molecule has 0 atom stereocenters. The lowest BCUT2D eigenvalue weighted by Crippen LogP contribution is -1.84. The maximum absolute atomic E-state index is 4.80. The van der Waals surface area contributed by atoms with Gasteiger partial charge in [0.05, 0.1) is 0 Å². The van der Waals surface area contributed by atoms with E-state index in [0.29, 0.717) is 17.0 Å². The van der Waals surface area contributed by atoms with Crippen molar-refractivity contribution in [2.75, 3.05) is 0 Å². The van der Waals surface area contributed by atoms with Gasteiger partial charge in [0.1, 0.15) is 23.9 Å². The van der Waals surface area contributed by atoms with Crippen molar-refractivity contribution >= 4 is 5.57 Å². The van der Waals surface area contributed by atoms with Crippen molar-refractivity contribution < 1.29 is 8.83 Å².